The smallest absolute Gasteiger partial charge is 0.220 e. The molecule has 14 heavy (non-hydrogen) atoms. The summed E-state index contributed by atoms with van der Waals surface area (Å²) >= 11 is 0. The van der Waals surface area contributed by atoms with E-state index in [9.17, 15) is 9.59 Å². The van der Waals surface area contributed by atoms with Crippen molar-refractivity contribution in [2.45, 2.75) is 40.5 Å². The van der Waals surface area contributed by atoms with Crippen LogP contribution in [-0.2, 0) is 9.59 Å². The predicted octanol–water partition coefficient (Wildman–Crippen LogP) is 1.76. The Morgan fingerprint density at radius 1 is 1.14 bits per heavy atom. The molecule has 0 aliphatic carbocycles. The molecule has 1 N–H and O–H groups in total. The van der Waals surface area contributed by atoms with Crippen LogP contribution in [0.3, 0.4) is 0 Å². The Kier molecular flexibility index (Phi) is 6.17. The molecule has 0 aromatic rings. The molecule has 0 spiro atoms. The van der Waals surface area contributed by atoms with Gasteiger partial charge in [0, 0.05) is 12.3 Å². The molecule has 0 atom stereocenters. The number of Topliss-reactive ketones (excluding diaryl/α,β-unsaturated/α-hetero) is 1. The first-order chi connectivity index (χ1) is 6.43. The molecule has 1 amide bonds. The van der Waals surface area contributed by atoms with Gasteiger partial charge < -0.3 is 5.32 Å². The number of hydrogen-bond acceptors (Lipinski definition) is 2. The van der Waals surface area contributed by atoms with Crippen LogP contribution in [0.5, 0.6) is 0 Å². The van der Waals surface area contributed by atoms with Gasteiger partial charge in [-0.2, -0.15) is 0 Å². The van der Waals surface area contributed by atoms with Gasteiger partial charge in [-0.3, -0.25) is 9.59 Å². The summed E-state index contributed by atoms with van der Waals surface area (Å²) in [4.78, 5) is 22.4. The number of carbonyl (C=O) groups is 2. The maximum atomic E-state index is 11.2. The molecule has 0 heterocycles. The highest BCUT2D eigenvalue weighted by atomic mass is 16.2. The van der Waals surface area contributed by atoms with Crippen LogP contribution < -0.4 is 5.32 Å². The molecule has 3 heteroatoms. The lowest BCUT2D eigenvalue weighted by Crippen LogP contribution is -2.31. The van der Waals surface area contributed by atoms with Crippen molar-refractivity contribution in [3.8, 4) is 0 Å². The number of carbonyl (C=O) groups excluding carboxylic acids is 2. The topological polar surface area (TPSA) is 46.2 Å². The normalized spacial score (nSPS) is 10.7. The first kappa shape index (κ1) is 13.1. The fourth-order valence-electron chi connectivity index (χ4n) is 0.898. The van der Waals surface area contributed by atoms with E-state index in [1.54, 1.807) is 0 Å². The average Bonchev–Trinajstić information content (AvgIpc) is 2.10. The van der Waals surface area contributed by atoms with Gasteiger partial charge in [-0.1, -0.05) is 27.7 Å². The molecule has 0 aromatic heterocycles. The van der Waals surface area contributed by atoms with Crippen molar-refractivity contribution in [3.05, 3.63) is 0 Å². The Balaban J connectivity index is 3.59. The van der Waals surface area contributed by atoms with Crippen molar-refractivity contribution in [1.29, 1.82) is 0 Å². The van der Waals surface area contributed by atoms with Gasteiger partial charge in [-0.25, -0.2) is 0 Å². The van der Waals surface area contributed by atoms with Crippen LogP contribution in [0.4, 0.5) is 0 Å². The molecule has 0 saturated heterocycles. The van der Waals surface area contributed by atoms with Crippen LogP contribution in [0, 0.1) is 11.8 Å². The van der Waals surface area contributed by atoms with Crippen molar-refractivity contribution >= 4 is 11.7 Å². The lowest BCUT2D eigenvalue weighted by Gasteiger charge is -2.07. The quantitative estimate of drug-likeness (QED) is 0.708. The van der Waals surface area contributed by atoms with Gasteiger partial charge >= 0.3 is 0 Å². The molecule has 0 aromatic carbocycles. The van der Waals surface area contributed by atoms with E-state index in [0.717, 1.165) is 6.42 Å². The number of amides is 1. The molecule has 0 bridgehead atoms. The van der Waals surface area contributed by atoms with Crippen molar-refractivity contribution in [2.75, 3.05) is 6.54 Å². The summed E-state index contributed by atoms with van der Waals surface area (Å²) in [7, 11) is 0. The van der Waals surface area contributed by atoms with Gasteiger partial charge in [0.2, 0.25) is 5.91 Å². The Bertz CT molecular complexity index is 197. The highest BCUT2D eigenvalue weighted by Gasteiger charge is 2.09. The minimum absolute atomic E-state index is 0.000369. The average molecular weight is 199 g/mol. The summed E-state index contributed by atoms with van der Waals surface area (Å²) in [5.41, 5.74) is 0. The maximum absolute atomic E-state index is 11.2. The fraction of sp³-hybridized carbons (Fsp3) is 0.818. The van der Waals surface area contributed by atoms with E-state index < -0.39 is 0 Å². The number of hydrogen-bond donors (Lipinski definition) is 1. The summed E-state index contributed by atoms with van der Waals surface area (Å²) in [6, 6.07) is 0. The molecular formula is C11H21NO2. The minimum Gasteiger partial charge on any atom is -0.349 e. The Morgan fingerprint density at radius 3 is 2.14 bits per heavy atom. The van der Waals surface area contributed by atoms with Crippen molar-refractivity contribution in [2.24, 2.45) is 11.8 Å². The van der Waals surface area contributed by atoms with E-state index in [1.807, 2.05) is 13.8 Å². The summed E-state index contributed by atoms with van der Waals surface area (Å²) in [5.74, 6) is 0.595. The van der Waals surface area contributed by atoms with Crippen molar-refractivity contribution < 1.29 is 9.59 Å². The van der Waals surface area contributed by atoms with E-state index in [2.05, 4.69) is 19.2 Å². The van der Waals surface area contributed by atoms with E-state index in [-0.39, 0.29) is 24.2 Å². The molecule has 0 rings (SSSR count). The minimum atomic E-state index is -0.0206. The molecule has 0 aliphatic heterocycles. The van der Waals surface area contributed by atoms with Gasteiger partial charge in [0.15, 0.2) is 5.78 Å². The third-order valence-corrected chi connectivity index (χ3v) is 2.05. The molecule has 0 aliphatic rings. The third kappa shape index (κ3) is 6.63. The lowest BCUT2D eigenvalue weighted by molar-refractivity contribution is -0.126. The van der Waals surface area contributed by atoms with E-state index in [4.69, 9.17) is 0 Å². The maximum Gasteiger partial charge on any atom is 0.220 e. The van der Waals surface area contributed by atoms with E-state index in [0.29, 0.717) is 12.3 Å². The molecule has 0 unspecified atom stereocenters. The van der Waals surface area contributed by atoms with Crippen LogP contribution in [-0.4, -0.2) is 18.2 Å². The zero-order valence-electron chi connectivity index (χ0n) is 9.59. The molecule has 82 valence electrons. The summed E-state index contributed by atoms with van der Waals surface area (Å²) in [6.07, 6.45) is 1.39. The van der Waals surface area contributed by atoms with Crippen LogP contribution in [0.1, 0.15) is 40.5 Å². The Morgan fingerprint density at radius 2 is 1.71 bits per heavy atom. The molecule has 3 nitrogen and oxygen atoms in total. The number of nitrogens with one attached hydrogen (secondary N) is 1. The van der Waals surface area contributed by atoms with Gasteiger partial charge in [-0.05, 0) is 12.3 Å². The van der Waals surface area contributed by atoms with Crippen molar-refractivity contribution in [3.63, 3.8) is 0 Å². The summed E-state index contributed by atoms with van der Waals surface area (Å²) in [5, 5.41) is 2.63. The monoisotopic (exact) mass is 199 g/mol. The SMILES string of the molecule is CC(C)CCC(=O)NCC(=O)C(C)C. The highest BCUT2D eigenvalue weighted by Crippen LogP contribution is 2.02. The lowest BCUT2D eigenvalue weighted by atomic mass is 10.1. The third-order valence-electron chi connectivity index (χ3n) is 2.05. The van der Waals surface area contributed by atoms with Crippen LogP contribution in [0.25, 0.3) is 0 Å². The van der Waals surface area contributed by atoms with Crippen molar-refractivity contribution in [1.82, 2.24) is 5.32 Å². The van der Waals surface area contributed by atoms with E-state index >= 15 is 0 Å². The number of rotatable bonds is 6. The molecule has 0 saturated carbocycles. The zero-order chi connectivity index (χ0) is 11.1. The fourth-order valence-corrected chi connectivity index (χ4v) is 0.898. The second-order valence-electron chi connectivity index (χ2n) is 4.33. The molecule has 0 fully saturated rings. The van der Waals surface area contributed by atoms with Gasteiger partial charge in [0.1, 0.15) is 0 Å². The van der Waals surface area contributed by atoms with Gasteiger partial charge in [0.05, 0.1) is 6.54 Å². The summed E-state index contributed by atoms with van der Waals surface area (Å²) in [6.45, 7) is 8.00. The first-order valence-corrected chi connectivity index (χ1v) is 5.23. The second kappa shape index (κ2) is 6.57. The van der Waals surface area contributed by atoms with Crippen LogP contribution >= 0.6 is 0 Å². The van der Waals surface area contributed by atoms with E-state index in [1.165, 1.54) is 0 Å². The molecular weight excluding hydrogens is 178 g/mol. The van der Waals surface area contributed by atoms with Gasteiger partial charge in [-0.15, -0.1) is 0 Å². The predicted molar refractivity (Wildman–Crippen MR) is 56.9 cm³/mol. The Hall–Kier alpha value is -0.860. The number of ketones is 1. The molecule has 0 radical (unpaired) electrons. The first-order valence-electron chi connectivity index (χ1n) is 5.23. The van der Waals surface area contributed by atoms with Gasteiger partial charge in [0.25, 0.3) is 0 Å². The van der Waals surface area contributed by atoms with Crippen LogP contribution in [0.2, 0.25) is 0 Å². The highest BCUT2D eigenvalue weighted by molar-refractivity contribution is 5.87. The zero-order valence-corrected chi connectivity index (χ0v) is 9.59. The second-order valence-corrected chi connectivity index (χ2v) is 4.33. The summed E-state index contributed by atoms with van der Waals surface area (Å²) < 4.78 is 0. The standard InChI is InChI=1S/C11H21NO2/c1-8(2)5-6-11(14)12-7-10(13)9(3)4/h8-9H,5-7H2,1-4H3,(H,12,14). The largest absolute Gasteiger partial charge is 0.349 e. The van der Waals surface area contributed by atoms with Crippen LogP contribution in [0.15, 0.2) is 0 Å². The Labute approximate surface area is 86.3 Å².